The first kappa shape index (κ1) is 18.6. The molecule has 0 atom stereocenters. The molecular weight excluding hydrogens is 404 g/mol. The van der Waals surface area contributed by atoms with Crippen LogP contribution in [-0.2, 0) is 20.9 Å². The molecule has 0 aliphatic carbocycles. The average molecular weight is 425 g/mol. The molecule has 0 radical (unpaired) electrons. The molecule has 8 nitrogen and oxygen atoms in total. The highest BCUT2D eigenvalue weighted by Crippen LogP contribution is 2.18. The lowest BCUT2D eigenvalue weighted by atomic mass is 10.2. The number of imide groups is 1. The lowest BCUT2D eigenvalue weighted by molar-refractivity contribution is -0.146. The van der Waals surface area contributed by atoms with Gasteiger partial charge in [0.05, 0.1) is 0 Å². The van der Waals surface area contributed by atoms with Crippen LogP contribution in [0.15, 0.2) is 16.7 Å². The minimum Gasteiger partial charge on any atom is -0.343 e. The molecule has 0 unspecified atom stereocenters. The Kier molecular flexibility index (Phi) is 5.45. The lowest BCUT2D eigenvalue weighted by Gasteiger charge is -2.35. The molecule has 0 spiro atoms. The maximum absolute atomic E-state index is 12.7. The molecule has 26 heavy (non-hydrogen) atoms. The smallest absolute Gasteiger partial charge is 0.270 e. The number of piperazine rings is 1. The summed E-state index contributed by atoms with van der Waals surface area (Å²) >= 11 is 3.39. The number of hydrogen-bond acceptors (Lipinski definition) is 4. The van der Waals surface area contributed by atoms with E-state index in [1.807, 2.05) is 17.7 Å². The van der Waals surface area contributed by atoms with Crippen molar-refractivity contribution in [2.45, 2.75) is 26.3 Å². The third-order valence-corrected chi connectivity index (χ3v) is 5.22. The van der Waals surface area contributed by atoms with Crippen LogP contribution in [0.4, 0.5) is 0 Å². The molecular formula is C17H21BrN4O4. The molecule has 0 aromatic carbocycles. The molecule has 0 saturated carbocycles. The molecule has 140 valence electrons. The van der Waals surface area contributed by atoms with Crippen LogP contribution in [-0.4, -0.2) is 75.6 Å². The summed E-state index contributed by atoms with van der Waals surface area (Å²) in [5.41, 5.74) is 0.618. The van der Waals surface area contributed by atoms with Crippen LogP contribution >= 0.6 is 15.9 Å². The molecule has 2 fully saturated rings. The van der Waals surface area contributed by atoms with Gasteiger partial charge in [-0.15, -0.1) is 0 Å². The highest BCUT2D eigenvalue weighted by molar-refractivity contribution is 9.10. The predicted octanol–water partition coefficient (Wildman–Crippen LogP) is 0.704. The molecule has 3 rings (SSSR count). The van der Waals surface area contributed by atoms with E-state index in [0.717, 1.165) is 9.37 Å². The van der Waals surface area contributed by atoms with Crippen molar-refractivity contribution in [1.82, 2.24) is 19.3 Å². The van der Waals surface area contributed by atoms with Crippen LogP contribution in [0, 0.1) is 0 Å². The molecule has 0 bridgehead atoms. The fourth-order valence-electron chi connectivity index (χ4n) is 3.27. The van der Waals surface area contributed by atoms with Crippen molar-refractivity contribution in [2.24, 2.45) is 0 Å². The molecule has 2 aliphatic heterocycles. The Hall–Kier alpha value is -2.16. The van der Waals surface area contributed by atoms with Gasteiger partial charge in [-0.2, -0.15) is 0 Å². The van der Waals surface area contributed by atoms with Crippen LogP contribution in [0.2, 0.25) is 0 Å². The topological polar surface area (TPSA) is 82.9 Å². The van der Waals surface area contributed by atoms with Crippen molar-refractivity contribution in [2.75, 3.05) is 32.7 Å². The lowest BCUT2D eigenvalue weighted by Crippen LogP contribution is -2.53. The number of rotatable bonds is 4. The summed E-state index contributed by atoms with van der Waals surface area (Å²) < 4.78 is 2.74. The average Bonchev–Trinajstić information content (AvgIpc) is 3.17. The SMILES string of the molecule is CCn1cc(Br)cc1C(=O)N1CCN(C(=O)CN2C(=O)CCC2=O)CC1. The van der Waals surface area contributed by atoms with E-state index in [2.05, 4.69) is 15.9 Å². The van der Waals surface area contributed by atoms with E-state index in [0.29, 0.717) is 38.4 Å². The van der Waals surface area contributed by atoms with Gasteiger partial charge in [0.1, 0.15) is 12.2 Å². The van der Waals surface area contributed by atoms with Crippen molar-refractivity contribution in [3.63, 3.8) is 0 Å². The van der Waals surface area contributed by atoms with Crippen molar-refractivity contribution >= 4 is 39.6 Å². The van der Waals surface area contributed by atoms with Gasteiger partial charge in [0.2, 0.25) is 17.7 Å². The summed E-state index contributed by atoms with van der Waals surface area (Å²) in [5.74, 6) is -0.888. The fraction of sp³-hybridized carbons (Fsp3) is 0.529. The normalized spacial score (nSPS) is 18.0. The van der Waals surface area contributed by atoms with E-state index in [9.17, 15) is 19.2 Å². The summed E-state index contributed by atoms with van der Waals surface area (Å²) in [6, 6.07) is 1.80. The fourth-order valence-corrected chi connectivity index (χ4v) is 3.73. The zero-order valence-corrected chi connectivity index (χ0v) is 16.2. The summed E-state index contributed by atoms with van der Waals surface area (Å²) in [6.45, 7) is 4.13. The van der Waals surface area contributed by atoms with Gasteiger partial charge in [0.25, 0.3) is 5.91 Å². The second-order valence-corrected chi connectivity index (χ2v) is 7.29. The molecule has 2 aliphatic rings. The minimum absolute atomic E-state index is 0.0606. The van der Waals surface area contributed by atoms with Gasteiger partial charge >= 0.3 is 0 Å². The Morgan fingerprint density at radius 2 is 1.62 bits per heavy atom. The van der Waals surface area contributed by atoms with E-state index in [4.69, 9.17) is 0 Å². The largest absolute Gasteiger partial charge is 0.343 e. The summed E-state index contributed by atoms with van der Waals surface area (Å²) in [4.78, 5) is 52.7. The number of aromatic nitrogens is 1. The maximum Gasteiger partial charge on any atom is 0.270 e. The van der Waals surface area contributed by atoms with Gasteiger partial charge in [-0.25, -0.2) is 0 Å². The molecule has 0 N–H and O–H groups in total. The van der Waals surface area contributed by atoms with Crippen LogP contribution in [0.5, 0.6) is 0 Å². The highest BCUT2D eigenvalue weighted by Gasteiger charge is 2.33. The van der Waals surface area contributed by atoms with Crippen molar-refractivity contribution in [1.29, 1.82) is 0 Å². The Balaban J connectivity index is 1.57. The maximum atomic E-state index is 12.7. The number of carbonyl (C=O) groups excluding carboxylic acids is 4. The molecule has 9 heteroatoms. The Morgan fingerprint density at radius 3 is 2.19 bits per heavy atom. The van der Waals surface area contributed by atoms with E-state index >= 15 is 0 Å². The molecule has 4 amide bonds. The zero-order chi connectivity index (χ0) is 18.8. The van der Waals surface area contributed by atoms with E-state index in [1.165, 1.54) is 0 Å². The standard InChI is InChI=1S/C17H21BrN4O4/c1-2-19-10-12(18)9-13(19)17(26)21-7-5-20(6-8-21)16(25)11-22-14(23)3-4-15(22)24/h9-10H,2-8,11H2,1H3. The Labute approximate surface area is 159 Å². The summed E-state index contributed by atoms with van der Waals surface area (Å²) in [6.07, 6.45) is 2.24. The van der Waals surface area contributed by atoms with Crippen molar-refractivity contribution in [3.05, 3.63) is 22.4 Å². The monoisotopic (exact) mass is 424 g/mol. The van der Waals surface area contributed by atoms with Crippen LogP contribution < -0.4 is 0 Å². The highest BCUT2D eigenvalue weighted by atomic mass is 79.9. The van der Waals surface area contributed by atoms with E-state index < -0.39 is 0 Å². The first-order chi connectivity index (χ1) is 12.4. The predicted molar refractivity (Wildman–Crippen MR) is 96.2 cm³/mol. The summed E-state index contributed by atoms with van der Waals surface area (Å²) in [5, 5.41) is 0. The number of hydrogen-bond donors (Lipinski definition) is 0. The number of amides is 4. The summed E-state index contributed by atoms with van der Waals surface area (Å²) in [7, 11) is 0. The van der Waals surface area contributed by atoms with Gasteiger partial charge in [-0.05, 0) is 28.9 Å². The number of halogens is 1. The number of likely N-dealkylation sites (tertiary alicyclic amines) is 1. The third-order valence-electron chi connectivity index (χ3n) is 4.79. The molecule has 3 heterocycles. The van der Waals surface area contributed by atoms with Crippen LogP contribution in [0.25, 0.3) is 0 Å². The number of carbonyl (C=O) groups is 4. The molecule has 2 saturated heterocycles. The second kappa shape index (κ2) is 7.61. The van der Waals surface area contributed by atoms with Crippen LogP contribution in [0.1, 0.15) is 30.3 Å². The number of aryl methyl sites for hydroxylation is 1. The van der Waals surface area contributed by atoms with Gasteiger partial charge in [-0.1, -0.05) is 0 Å². The molecule has 1 aromatic rings. The zero-order valence-electron chi connectivity index (χ0n) is 14.6. The third kappa shape index (κ3) is 3.67. The first-order valence-corrected chi connectivity index (χ1v) is 9.46. The van der Waals surface area contributed by atoms with Crippen LogP contribution in [0.3, 0.4) is 0 Å². The minimum atomic E-state index is -0.289. The van der Waals surface area contributed by atoms with Gasteiger partial charge in [-0.3, -0.25) is 24.1 Å². The van der Waals surface area contributed by atoms with Crippen molar-refractivity contribution in [3.8, 4) is 0 Å². The quantitative estimate of drug-likeness (QED) is 0.666. The first-order valence-electron chi connectivity index (χ1n) is 8.66. The second-order valence-electron chi connectivity index (χ2n) is 6.38. The van der Waals surface area contributed by atoms with Gasteiger partial charge in [0.15, 0.2) is 0 Å². The molecule has 1 aromatic heterocycles. The Bertz CT molecular complexity index is 736. The number of nitrogens with zero attached hydrogens (tertiary/aromatic N) is 4. The Morgan fingerprint density at radius 1 is 1.04 bits per heavy atom. The van der Waals surface area contributed by atoms with Gasteiger partial charge < -0.3 is 14.4 Å². The van der Waals surface area contributed by atoms with Crippen molar-refractivity contribution < 1.29 is 19.2 Å². The van der Waals surface area contributed by atoms with E-state index in [1.54, 1.807) is 15.9 Å². The van der Waals surface area contributed by atoms with Gasteiger partial charge in [0, 0.05) is 56.2 Å². The van der Waals surface area contributed by atoms with E-state index in [-0.39, 0.29) is 43.0 Å².